The van der Waals surface area contributed by atoms with E-state index in [9.17, 15) is 24.1 Å². The highest BCUT2D eigenvalue weighted by atomic mass is 19.1. The molecule has 0 bridgehead atoms. The van der Waals surface area contributed by atoms with E-state index in [1.165, 1.54) is 60.7 Å². The zero-order chi connectivity index (χ0) is 22.1. The Labute approximate surface area is 175 Å². The molecule has 0 N–H and O–H groups in total. The summed E-state index contributed by atoms with van der Waals surface area (Å²) in [4.78, 5) is 35.2. The van der Waals surface area contributed by atoms with Crippen molar-refractivity contribution in [3.8, 4) is 11.5 Å². The van der Waals surface area contributed by atoms with E-state index in [2.05, 4.69) is 0 Å². The lowest BCUT2D eigenvalue weighted by molar-refractivity contribution is -0.384. The zero-order valence-corrected chi connectivity index (χ0v) is 16.1. The largest absolute Gasteiger partial charge is 0.452 e. The number of esters is 1. The number of hydrogen-bond donors (Lipinski definition) is 0. The third-order valence-corrected chi connectivity index (χ3v) is 4.70. The lowest BCUT2D eigenvalue weighted by atomic mass is 10.1. The highest BCUT2D eigenvalue weighted by Gasteiger charge is 2.30. The van der Waals surface area contributed by atoms with Crippen molar-refractivity contribution in [2.24, 2.45) is 0 Å². The smallest absolute Gasteiger partial charge is 0.343 e. The molecule has 1 aliphatic rings. The van der Waals surface area contributed by atoms with Crippen LogP contribution in [0.15, 0.2) is 66.4 Å². The molecule has 4 rings (SSSR count). The normalized spacial score (nSPS) is 13.6. The molecule has 0 spiro atoms. The van der Waals surface area contributed by atoms with Gasteiger partial charge in [-0.15, -0.1) is 0 Å². The van der Waals surface area contributed by atoms with Gasteiger partial charge in [0, 0.05) is 17.7 Å². The number of carbonyl (C=O) groups is 2. The van der Waals surface area contributed by atoms with Gasteiger partial charge in [0.25, 0.3) is 5.69 Å². The van der Waals surface area contributed by atoms with Crippen LogP contribution in [0.5, 0.6) is 11.5 Å². The minimum absolute atomic E-state index is 0.0422. The van der Waals surface area contributed by atoms with Gasteiger partial charge < -0.3 is 9.47 Å². The first kappa shape index (κ1) is 20.0. The van der Waals surface area contributed by atoms with E-state index in [1.54, 1.807) is 6.92 Å². The van der Waals surface area contributed by atoms with E-state index in [0.29, 0.717) is 16.7 Å². The number of ketones is 1. The van der Waals surface area contributed by atoms with Crippen molar-refractivity contribution in [1.82, 2.24) is 0 Å². The number of nitro groups is 1. The number of Topliss-reactive ketones (excluding diaryl/α,β-unsaturated/α-hetero) is 1. The fraction of sp³-hybridized carbons (Fsp3) is 0.0435. The molecule has 7 nitrogen and oxygen atoms in total. The molecular formula is C23H14FNO6. The Morgan fingerprint density at radius 3 is 2.55 bits per heavy atom. The predicted molar refractivity (Wildman–Crippen MR) is 109 cm³/mol. The average Bonchev–Trinajstić information content (AvgIpc) is 3.06. The minimum atomic E-state index is -0.742. The summed E-state index contributed by atoms with van der Waals surface area (Å²) in [6, 6.07) is 13.7. The molecule has 0 saturated heterocycles. The number of benzene rings is 3. The van der Waals surface area contributed by atoms with Gasteiger partial charge in [0.1, 0.15) is 17.3 Å². The second kappa shape index (κ2) is 7.83. The SMILES string of the molecule is Cc1c(OC(=O)c2cccc(F)c2)ccc2c1O/C(=C\c1ccc([N+](=O)[O-])cc1)C2=O. The van der Waals surface area contributed by atoms with Gasteiger partial charge in [-0.05, 0) is 61.0 Å². The van der Waals surface area contributed by atoms with Crippen LogP contribution in [0, 0.1) is 22.9 Å². The van der Waals surface area contributed by atoms with E-state index in [4.69, 9.17) is 9.47 Å². The van der Waals surface area contributed by atoms with E-state index in [-0.39, 0.29) is 34.3 Å². The van der Waals surface area contributed by atoms with Crippen molar-refractivity contribution in [3.63, 3.8) is 0 Å². The Kier molecular flexibility index (Phi) is 5.04. The number of fused-ring (bicyclic) bond motifs is 1. The summed E-state index contributed by atoms with van der Waals surface area (Å²) in [6.07, 6.45) is 1.48. The summed E-state index contributed by atoms with van der Waals surface area (Å²) >= 11 is 0. The number of halogens is 1. The van der Waals surface area contributed by atoms with Gasteiger partial charge in [-0.3, -0.25) is 14.9 Å². The Balaban J connectivity index is 1.59. The number of hydrogen-bond acceptors (Lipinski definition) is 6. The number of nitro benzene ring substituents is 1. The average molecular weight is 419 g/mol. The maximum Gasteiger partial charge on any atom is 0.343 e. The van der Waals surface area contributed by atoms with Crippen LogP contribution in [0.4, 0.5) is 10.1 Å². The van der Waals surface area contributed by atoms with Crippen LogP contribution in [0.1, 0.15) is 31.8 Å². The maximum absolute atomic E-state index is 13.3. The molecule has 0 radical (unpaired) electrons. The van der Waals surface area contributed by atoms with Crippen molar-refractivity contribution in [3.05, 3.63) is 105 Å². The topological polar surface area (TPSA) is 95.7 Å². The van der Waals surface area contributed by atoms with E-state index in [0.717, 1.165) is 6.07 Å². The van der Waals surface area contributed by atoms with Gasteiger partial charge >= 0.3 is 5.97 Å². The molecule has 3 aromatic rings. The van der Waals surface area contributed by atoms with Gasteiger partial charge in [0.05, 0.1) is 16.1 Å². The third-order valence-electron chi connectivity index (χ3n) is 4.70. The van der Waals surface area contributed by atoms with Crippen molar-refractivity contribution in [1.29, 1.82) is 0 Å². The van der Waals surface area contributed by atoms with Crippen LogP contribution in [-0.4, -0.2) is 16.7 Å². The van der Waals surface area contributed by atoms with Gasteiger partial charge in [0.2, 0.25) is 5.78 Å². The lowest BCUT2D eigenvalue weighted by Gasteiger charge is -2.10. The van der Waals surface area contributed by atoms with Gasteiger partial charge in [0.15, 0.2) is 5.76 Å². The Hall–Kier alpha value is -4.33. The van der Waals surface area contributed by atoms with Crippen molar-refractivity contribution < 1.29 is 28.4 Å². The monoisotopic (exact) mass is 419 g/mol. The van der Waals surface area contributed by atoms with E-state index >= 15 is 0 Å². The highest BCUT2D eigenvalue weighted by molar-refractivity contribution is 6.15. The number of allylic oxidation sites excluding steroid dienone is 1. The lowest BCUT2D eigenvalue weighted by Crippen LogP contribution is -2.09. The van der Waals surface area contributed by atoms with Crippen molar-refractivity contribution in [2.45, 2.75) is 6.92 Å². The molecule has 0 aliphatic carbocycles. The molecule has 0 saturated carbocycles. The Morgan fingerprint density at radius 2 is 1.87 bits per heavy atom. The molecule has 8 heteroatoms. The minimum Gasteiger partial charge on any atom is -0.452 e. The number of ether oxygens (including phenoxy) is 2. The first-order chi connectivity index (χ1) is 14.8. The first-order valence-electron chi connectivity index (χ1n) is 9.13. The molecule has 3 aromatic carbocycles. The summed E-state index contributed by atoms with van der Waals surface area (Å²) in [7, 11) is 0. The predicted octanol–water partition coefficient (Wildman–Crippen LogP) is 4.88. The number of non-ortho nitro benzene ring substituents is 1. The van der Waals surface area contributed by atoms with E-state index in [1.807, 2.05) is 0 Å². The van der Waals surface area contributed by atoms with Crippen LogP contribution in [0.25, 0.3) is 6.08 Å². The van der Waals surface area contributed by atoms with Crippen LogP contribution in [0.3, 0.4) is 0 Å². The number of rotatable bonds is 4. The molecular weight excluding hydrogens is 405 g/mol. The van der Waals surface area contributed by atoms with Gasteiger partial charge in [-0.25, -0.2) is 9.18 Å². The molecule has 1 aliphatic heterocycles. The second-order valence-electron chi connectivity index (χ2n) is 6.75. The summed E-state index contributed by atoms with van der Waals surface area (Å²) < 4.78 is 24.4. The van der Waals surface area contributed by atoms with Crippen LogP contribution in [0.2, 0.25) is 0 Å². The second-order valence-corrected chi connectivity index (χ2v) is 6.75. The molecule has 1 heterocycles. The number of nitrogens with zero attached hydrogens (tertiary/aromatic N) is 1. The van der Waals surface area contributed by atoms with E-state index < -0.39 is 16.7 Å². The van der Waals surface area contributed by atoms with Gasteiger partial charge in [-0.1, -0.05) is 6.07 Å². The summed E-state index contributed by atoms with van der Waals surface area (Å²) in [5.41, 5.74) is 1.27. The molecule has 0 unspecified atom stereocenters. The summed E-state index contributed by atoms with van der Waals surface area (Å²) in [6.45, 7) is 1.63. The molecule has 0 amide bonds. The fourth-order valence-electron chi connectivity index (χ4n) is 3.10. The van der Waals surface area contributed by atoms with Crippen LogP contribution in [-0.2, 0) is 0 Å². The maximum atomic E-state index is 13.3. The Morgan fingerprint density at radius 1 is 1.13 bits per heavy atom. The molecule has 31 heavy (non-hydrogen) atoms. The molecule has 0 aromatic heterocycles. The zero-order valence-electron chi connectivity index (χ0n) is 16.1. The molecule has 0 atom stereocenters. The standard InChI is InChI=1S/C23H14FNO6/c1-13-19(31-23(27)15-3-2-4-16(24)12-15)10-9-18-21(26)20(30-22(13)18)11-14-5-7-17(8-6-14)25(28)29/h2-12H,1H3/b20-11-. The fourth-order valence-corrected chi connectivity index (χ4v) is 3.10. The highest BCUT2D eigenvalue weighted by Crippen LogP contribution is 2.39. The summed E-state index contributed by atoms with van der Waals surface area (Å²) in [5, 5.41) is 10.8. The summed E-state index contributed by atoms with van der Waals surface area (Å²) in [5.74, 6) is -1.19. The van der Waals surface area contributed by atoms with Crippen LogP contribution >= 0.6 is 0 Å². The Bertz CT molecular complexity index is 1260. The number of carbonyl (C=O) groups excluding carboxylic acids is 2. The first-order valence-corrected chi connectivity index (χ1v) is 9.13. The van der Waals surface area contributed by atoms with Crippen LogP contribution < -0.4 is 9.47 Å². The quantitative estimate of drug-likeness (QED) is 0.197. The molecule has 154 valence electrons. The van der Waals surface area contributed by atoms with Crippen molar-refractivity contribution in [2.75, 3.05) is 0 Å². The van der Waals surface area contributed by atoms with Gasteiger partial charge in [-0.2, -0.15) is 0 Å². The third kappa shape index (κ3) is 3.91. The van der Waals surface area contributed by atoms with Crippen molar-refractivity contribution >= 4 is 23.5 Å². The molecule has 0 fully saturated rings.